The molecule has 0 radical (unpaired) electrons. The molecule has 0 bridgehead atoms. The Morgan fingerprint density at radius 3 is 2.15 bits per heavy atom. The Labute approximate surface area is 166 Å². The van der Waals surface area contributed by atoms with Crippen LogP contribution in [-0.2, 0) is 9.59 Å². The maximum atomic E-state index is 11.8. The van der Waals surface area contributed by atoms with Gasteiger partial charge < -0.3 is 31.9 Å². The molecule has 9 nitrogen and oxygen atoms in total. The quantitative estimate of drug-likeness (QED) is 0.444. The highest BCUT2D eigenvalue weighted by molar-refractivity contribution is 7.59. The second-order valence-electron chi connectivity index (χ2n) is 5.81. The first-order valence-corrected chi connectivity index (χ1v) is 8.02. The number of rotatable bonds is 7. The summed E-state index contributed by atoms with van der Waals surface area (Å²) in [6.07, 6.45) is 0. The maximum Gasteiger partial charge on any atom is 0.312 e. The molecule has 1 aromatic carbocycles. The summed E-state index contributed by atoms with van der Waals surface area (Å²) in [5.74, 6) is -0.380. The van der Waals surface area contributed by atoms with Gasteiger partial charge in [-0.25, -0.2) is 4.79 Å². The van der Waals surface area contributed by atoms with Crippen LogP contribution in [0.4, 0.5) is 4.79 Å². The van der Waals surface area contributed by atoms with Crippen molar-refractivity contribution >= 4 is 31.4 Å². The number of carboxylic acids is 1. The van der Waals surface area contributed by atoms with E-state index in [2.05, 4.69) is 10.6 Å². The normalized spacial score (nSPS) is 11.6. The SMILES string of the molecule is CC(=O)O.Cc1cccc(C)c1OCC(C)NC(=O)[C@@H](N)CNC(N)=O.S. The highest BCUT2D eigenvalue weighted by Crippen LogP contribution is 2.22. The summed E-state index contributed by atoms with van der Waals surface area (Å²) in [6, 6.07) is 4.12. The first kappa shape index (κ1) is 26.8. The second-order valence-corrected chi connectivity index (χ2v) is 5.81. The molecule has 3 amide bonds. The van der Waals surface area contributed by atoms with Crippen molar-refractivity contribution in [2.45, 2.75) is 39.8 Å². The number of para-hydroxylation sites is 1. The third-order valence-corrected chi connectivity index (χ3v) is 3.11. The molecule has 0 aliphatic rings. The number of hydrogen-bond donors (Lipinski definition) is 5. The molecular weight excluding hydrogens is 372 g/mol. The number of carbonyl (C=O) groups excluding carboxylic acids is 2. The number of ether oxygens (including phenoxy) is 1. The van der Waals surface area contributed by atoms with E-state index in [4.69, 9.17) is 26.1 Å². The third kappa shape index (κ3) is 12.5. The summed E-state index contributed by atoms with van der Waals surface area (Å²) < 4.78 is 5.76. The standard InChI is InChI=1S/C15H24N4O3.C2H4O2.H2S/c1-9-5-4-6-10(2)13(9)22-8-11(3)19-14(20)12(16)7-18-15(17)21;1-2(3)4;/h4-6,11-12H,7-8,16H2,1-3H3,(H,19,20)(H3,17,18,21);1H3,(H,3,4);1H2/t11?,12-;;/m0../s1. The van der Waals surface area contributed by atoms with E-state index >= 15 is 0 Å². The molecule has 0 spiro atoms. The molecule has 0 aliphatic carbocycles. The van der Waals surface area contributed by atoms with Gasteiger partial charge >= 0.3 is 6.03 Å². The van der Waals surface area contributed by atoms with Crippen LogP contribution in [0.3, 0.4) is 0 Å². The average Bonchev–Trinajstić information content (AvgIpc) is 2.51. The molecule has 0 aromatic heterocycles. The Hall–Kier alpha value is -2.46. The van der Waals surface area contributed by atoms with E-state index in [0.717, 1.165) is 23.8 Å². The van der Waals surface area contributed by atoms with Crippen LogP contribution in [0.1, 0.15) is 25.0 Å². The Morgan fingerprint density at radius 1 is 1.22 bits per heavy atom. The number of aryl methyl sites for hydroxylation is 2. The first-order chi connectivity index (χ1) is 12.0. The van der Waals surface area contributed by atoms with Gasteiger partial charge in [-0.2, -0.15) is 13.5 Å². The summed E-state index contributed by atoms with van der Waals surface area (Å²) in [4.78, 5) is 31.4. The average molecular weight is 403 g/mol. The molecule has 7 N–H and O–H groups in total. The Bertz CT molecular complexity index is 603. The van der Waals surface area contributed by atoms with Crippen molar-refractivity contribution < 1.29 is 24.2 Å². The summed E-state index contributed by atoms with van der Waals surface area (Å²) >= 11 is 0. The van der Waals surface area contributed by atoms with Crippen LogP contribution >= 0.6 is 13.5 Å². The van der Waals surface area contributed by atoms with E-state index in [1.54, 1.807) is 0 Å². The lowest BCUT2D eigenvalue weighted by atomic mass is 10.1. The number of carbonyl (C=O) groups is 3. The van der Waals surface area contributed by atoms with E-state index < -0.39 is 18.0 Å². The lowest BCUT2D eigenvalue weighted by Gasteiger charge is -2.19. The lowest BCUT2D eigenvalue weighted by Crippen LogP contribution is -2.51. The van der Waals surface area contributed by atoms with E-state index in [-0.39, 0.29) is 32.0 Å². The zero-order valence-corrected chi connectivity index (χ0v) is 17.0. The van der Waals surface area contributed by atoms with Gasteiger partial charge in [-0.3, -0.25) is 9.59 Å². The molecule has 0 fully saturated rings. The minimum atomic E-state index is -0.852. The first-order valence-electron chi connectivity index (χ1n) is 8.02. The Kier molecular flexibility index (Phi) is 13.6. The van der Waals surface area contributed by atoms with Gasteiger partial charge in [-0.1, -0.05) is 18.2 Å². The number of amides is 3. The highest BCUT2D eigenvalue weighted by atomic mass is 32.1. The van der Waals surface area contributed by atoms with Crippen molar-refractivity contribution in [2.24, 2.45) is 11.5 Å². The van der Waals surface area contributed by atoms with Gasteiger partial charge in [0.05, 0.1) is 6.04 Å². The maximum absolute atomic E-state index is 11.8. The lowest BCUT2D eigenvalue weighted by molar-refractivity contribution is -0.134. The second kappa shape index (κ2) is 13.7. The molecule has 1 aromatic rings. The van der Waals surface area contributed by atoms with Crippen LogP contribution < -0.4 is 26.8 Å². The largest absolute Gasteiger partial charge is 0.491 e. The number of benzene rings is 1. The number of primary amides is 1. The minimum absolute atomic E-state index is 0. The van der Waals surface area contributed by atoms with Crippen LogP contribution in [0.15, 0.2) is 18.2 Å². The summed E-state index contributed by atoms with van der Waals surface area (Å²) in [5, 5.41) is 12.4. The number of urea groups is 1. The molecule has 0 aliphatic heterocycles. The predicted molar refractivity (Wildman–Crippen MR) is 108 cm³/mol. The molecule has 27 heavy (non-hydrogen) atoms. The van der Waals surface area contributed by atoms with Gasteiger partial charge in [-0.05, 0) is 31.9 Å². The molecule has 2 atom stereocenters. The fourth-order valence-electron chi connectivity index (χ4n) is 1.93. The molecule has 10 heteroatoms. The monoisotopic (exact) mass is 402 g/mol. The van der Waals surface area contributed by atoms with Crippen molar-refractivity contribution in [3.63, 3.8) is 0 Å². The molecular formula is C17H30N4O5S. The predicted octanol–water partition coefficient (Wildman–Crippen LogP) is 0.386. The zero-order chi connectivity index (χ0) is 20.3. The van der Waals surface area contributed by atoms with Crippen LogP contribution in [0, 0.1) is 13.8 Å². The van der Waals surface area contributed by atoms with Gasteiger partial charge in [0, 0.05) is 13.5 Å². The van der Waals surface area contributed by atoms with Gasteiger partial charge in [0.15, 0.2) is 0 Å². The number of hydrogen-bond acceptors (Lipinski definition) is 5. The van der Waals surface area contributed by atoms with Crippen LogP contribution in [0.25, 0.3) is 0 Å². The topological polar surface area (TPSA) is 157 Å². The van der Waals surface area contributed by atoms with Crippen molar-refractivity contribution in [3.05, 3.63) is 29.3 Å². The van der Waals surface area contributed by atoms with Crippen LogP contribution in [0.5, 0.6) is 5.75 Å². The summed E-state index contributed by atoms with van der Waals surface area (Å²) in [7, 11) is 0. The van der Waals surface area contributed by atoms with Crippen molar-refractivity contribution in [1.29, 1.82) is 0 Å². The number of aliphatic carboxylic acids is 1. The molecule has 0 heterocycles. The number of carboxylic acid groups (broad SMARTS) is 1. The minimum Gasteiger partial charge on any atom is -0.491 e. The third-order valence-electron chi connectivity index (χ3n) is 3.11. The Balaban J connectivity index is 0. The number of nitrogens with two attached hydrogens (primary N) is 2. The van der Waals surface area contributed by atoms with Crippen LogP contribution in [0.2, 0.25) is 0 Å². The smallest absolute Gasteiger partial charge is 0.312 e. The van der Waals surface area contributed by atoms with E-state index in [0.29, 0.717) is 6.61 Å². The summed E-state index contributed by atoms with van der Waals surface area (Å²) in [6.45, 7) is 7.16. The molecule has 0 saturated carbocycles. The molecule has 1 unspecified atom stereocenters. The van der Waals surface area contributed by atoms with Crippen molar-refractivity contribution in [3.8, 4) is 5.75 Å². The van der Waals surface area contributed by atoms with Crippen LogP contribution in [-0.4, -0.2) is 48.2 Å². The van der Waals surface area contributed by atoms with Gasteiger partial charge in [-0.15, -0.1) is 0 Å². The van der Waals surface area contributed by atoms with E-state index in [1.807, 2.05) is 39.0 Å². The van der Waals surface area contributed by atoms with Crippen molar-refractivity contribution in [1.82, 2.24) is 10.6 Å². The molecule has 154 valence electrons. The van der Waals surface area contributed by atoms with E-state index in [1.165, 1.54) is 0 Å². The van der Waals surface area contributed by atoms with Gasteiger partial charge in [0.1, 0.15) is 18.4 Å². The van der Waals surface area contributed by atoms with Crippen molar-refractivity contribution in [2.75, 3.05) is 13.2 Å². The summed E-state index contributed by atoms with van der Waals surface area (Å²) in [5.41, 5.74) is 12.7. The van der Waals surface area contributed by atoms with Gasteiger partial charge in [0.2, 0.25) is 5.91 Å². The zero-order valence-electron chi connectivity index (χ0n) is 16.0. The van der Waals surface area contributed by atoms with Gasteiger partial charge in [0.25, 0.3) is 5.97 Å². The fraction of sp³-hybridized carbons (Fsp3) is 0.471. The number of nitrogens with one attached hydrogen (secondary N) is 2. The molecule has 0 saturated heterocycles. The van der Waals surface area contributed by atoms with E-state index in [9.17, 15) is 9.59 Å². The fourth-order valence-corrected chi connectivity index (χ4v) is 1.93. The highest BCUT2D eigenvalue weighted by Gasteiger charge is 2.16. The Morgan fingerprint density at radius 2 is 1.70 bits per heavy atom. The molecule has 1 rings (SSSR count).